The van der Waals surface area contributed by atoms with Gasteiger partial charge in [0.2, 0.25) is 0 Å². The molecule has 1 aromatic heterocycles. The van der Waals surface area contributed by atoms with Crippen molar-refractivity contribution < 1.29 is 5.11 Å². The molecule has 0 saturated carbocycles. The number of thiophene rings is 1. The minimum atomic E-state index is 0.0693. The van der Waals surface area contributed by atoms with Gasteiger partial charge in [0.25, 0.3) is 0 Å². The Hall–Kier alpha value is -0.860. The molecule has 0 aliphatic carbocycles. The van der Waals surface area contributed by atoms with Gasteiger partial charge in [-0.2, -0.15) is 0 Å². The van der Waals surface area contributed by atoms with Crippen molar-refractivity contribution in [2.24, 2.45) is 5.41 Å². The first-order chi connectivity index (χ1) is 9.24. The van der Waals surface area contributed by atoms with Gasteiger partial charge in [-0.25, -0.2) is 0 Å². The van der Waals surface area contributed by atoms with Gasteiger partial charge >= 0.3 is 0 Å². The van der Waals surface area contributed by atoms with Gasteiger partial charge in [-0.15, -0.1) is 11.3 Å². The van der Waals surface area contributed by atoms with E-state index in [1.54, 1.807) is 0 Å². The highest BCUT2D eigenvalue weighted by Gasteiger charge is 2.28. The summed E-state index contributed by atoms with van der Waals surface area (Å²) < 4.78 is 1.36. The highest BCUT2D eigenvalue weighted by Crippen LogP contribution is 2.36. The molecule has 1 nitrogen and oxygen atoms in total. The summed E-state index contributed by atoms with van der Waals surface area (Å²) in [6, 6.07) is 8.59. The third kappa shape index (κ3) is 3.18. The zero-order valence-electron chi connectivity index (χ0n) is 12.0. The second-order valence-corrected chi connectivity index (χ2v) is 6.46. The Bertz CT molecular complexity index is 511. The van der Waals surface area contributed by atoms with E-state index in [0.717, 1.165) is 19.3 Å². The molecular formula is C17H24OS. The lowest BCUT2D eigenvalue weighted by Gasteiger charge is -2.30. The standard InChI is InChI=1S/C17H24OS/c1-3-5-10-17(4-2,13-18)11-14-12-19-16-9-7-6-8-15(14)16/h6-9,12,18H,3-5,10-11,13H2,1-2H3. The average molecular weight is 276 g/mol. The molecule has 1 heterocycles. The maximum absolute atomic E-state index is 9.88. The summed E-state index contributed by atoms with van der Waals surface area (Å²) in [5.41, 5.74) is 1.48. The number of rotatable bonds is 7. The fourth-order valence-corrected chi connectivity index (χ4v) is 3.73. The molecule has 0 bridgehead atoms. The summed E-state index contributed by atoms with van der Waals surface area (Å²) in [6.45, 7) is 4.73. The number of aliphatic hydroxyl groups is 1. The van der Waals surface area contributed by atoms with E-state index in [4.69, 9.17) is 0 Å². The molecule has 19 heavy (non-hydrogen) atoms. The molecule has 0 radical (unpaired) electrons. The minimum Gasteiger partial charge on any atom is -0.396 e. The van der Waals surface area contributed by atoms with Crippen LogP contribution in [0.25, 0.3) is 10.1 Å². The van der Waals surface area contributed by atoms with Gasteiger partial charge in [0.1, 0.15) is 0 Å². The van der Waals surface area contributed by atoms with Crippen molar-refractivity contribution in [1.29, 1.82) is 0 Å². The molecule has 1 N–H and O–H groups in total. The third-order valence-electron chi connectivity index (χ3n) is 4.27. The molecule has 2 aromatic rings. The molecular weight excluding hydrogens is 252 g/mol. The van der Waals surface area contributed by atoms with E-state index in [-0.39, 0.29) is 5.41 Å². The average Bonchev–Trinajstić information content (AvgIpc) is 2.87. The van der Waals surface area contributed by atoms with Crippen LogP contribution in [0.1, 0.15) is 45.1 Å². The fraction of sp³-hybridized carbons (Fsp3) is 0.529. The Morgan fingerprint density at radius 3 is 2.68 bits per heavy atom. The van der Waals surface area contributed by atoms with Gasteiger partial charge < -0.3 is 5.11 Å². The molecule has 2 rings (SSSR count). The van der Waals surface area contributed by atoms with Crippen molar-refractivity contribution in [1.82, 2.24) is 0 Å². The molecule has 0 aliphatic rings. The zero-order valence-corrected chi connectivity index (χ0v) is 12.8. The Kier molecular flexibility index (Phi) is 5.00. The summed E-state index contributed by atoms with van der Waals surface area (Å²) in [6.07, 6.45) is 5.58. The van der Waals surface area contributed by atoms with Crippen LogP contribution in [0.5, 0.6) is 0 Å². The van der Waals surface area contributed by atoms with Crippen LogP contribution in [0.4, 0.5) is 0 Å². The molecule has 0 spiro atoms. The van der Waals surface area contributed by atoms with Crippen molar-refractivity contribution in [3.8, 4) is 0 Å². The third-order valence-corrected chi connectivity index (χ3v) is 5.28. The second-order valence-electron chi connectivity index (χ2n) is 5.55. The molecule has 1 unspecified atom stereocenters. The predicted octanol–water partition coefficient (Wildman–Crippen LogP) is 5.02. The number of unbranched alkanes of at least 4 members (excludes halogenated alkanes) is 1. The summed E-state index contributed by atoms with van der Waals surface area (Å²) >= 11 is 1.82. The smallest absolute Gasteiger partial charge is 0.0490 e. The Morgan fingerprint density at radius 2 is 2.00 bits per heavy atom. The lowest BCUT2D eigenvalue weighted by Crippen LogP contribution is -2.27. The minimum absolute atomic E-state index is 0.0693. The monoisotopic (exact) mass is 276 g/mol. The van der Waals surface area contributed by atoms with Gasteiger partial charge in [0.15, 0.2) is 0 Å². The van der Waals surface area contributed by atoms with Crippen LogP contribution < -0.4 is 0 Å². The Labute approximate surface area is 120 Å². The zero-order chi connectivity index (χ0) is 13.7. The normalized spacial score (nSPS) is 14.7. The maximum Gasteiger partial charge on any atom is 0.0490 e. The number of aliphatic hydroxyl groups excluding tert-OH is 1. The first-order valence-electron chi connectivity index (χ1n) is 7.30. The van der Waals surface area contributed by atoms with E-state index in [2.05, 4.69) is 43.5 Å². The Balaban J connectivity index is 2.25. The first kappa shape index (κ1) is 14.5. The molecule has 0 aliphatic heterocycles. The lowest BCUT2D eigenvalue weighted by molar-refractivity contribution is 0.107. The molecule has 0 amide bonds. The van der Waals surface area contributed by atoms with E-state index in [1.807, 2.05) is 11.3 Å². The highest BCUT2D eigenvalue weighted by molar-refractivity contribution is 7.17. The Morgan fingerprint density at radius 1 is 1.21 bits per heavy atom. The lowest BCUT2D eigenvalue weighted by atomic mass is 9.76. The van der Waals surface area contributed by atoms with E-state index in [0.29, 0.717) is 6.61 Å². The van der Waals surface area contributed by atoms with Gasteiger partial charge in [-0.3, -0.25) is 0 Å². The highest BCUT2D eigenvalue weighted by atomic mass is 32.1. The van der Waals surface area contributed by atoms with Crippen molar-refractivity contribution >= 4 is 21.4 Å². The maximum atomic E-state index is 9.88. The summed E-state index contributed by atoms with van der Waals surface area (Å²) in [5, 5.41) is 13.5. The SMILES string of the molecule is CCCCC(CC)(CO)Cc1csc2ccccc12. The summed E-state index contributed by atoms with van der Waals surface area (Å²) in [4.78, 5) is 0. The summed E-state index contributed by atoms with van der Waals surface area (Å²) in [5.74, 6) is 0. The van der Waals surface area contributed by atoms with Crippen LogP contribution >= 0.6 is 11.3 Å². The molecule has 1 aromatic carbocycles. The van der Waals surface area contributed by atoms with E-state index >= 15 is 0 Å². The van der Waals surface area contributed by atoms with Crippen molar-refractivity contribution in [3.05, 3.63) is 35.2 Å². The predicted molar refractivity (Wildman–Crippen MR) is 84.9 cm³/mol. The quantitative estimate of drug-likeness (QED) is 0.752. The van der Waals surface area contributed by atoms with Crippen LogP contribution in [-0.4, -0.2) is 11.7 Å². The largest absolute Gasteiger partial charge is 0.396 e. The van der Waals surface area contributed by atoms with Gasteiger partial charge in [0, 0.05) is 11.3 Å². The molecule has 1 atom stereocenters. The number of hydrogen-bond donors (Lipinski definition) is 1. The van der Waals surface area contributed by atoms with Crippen LogP contribution in [0.15, 0.2) is 29.6 Å². The topological polar surface area (TPSA) is 20.2 Å². The molecule has 0 fully saturated rings. The molecule has 0 saturated heterocycles. The summed E-state index contributed by atoms with van der Waals surface area (Å²) in [7, 11) is 0. The van der Waals surface area contributed by atoms with Crippen molar-refractivity contribution in [2.75, 3.05) is 6.61 Å². The van der Waals surface area contributed by atoms with Crippen molar-refractivity contribution in [2.45, 2.75) is 46.0 Å². The van der Waals surface area contributed by atoms with Gasteiger partial charge in [-0.1, -0.05) is 44.9 Å². The van der Waals surface area contributed by atoms with Gasteiger partial charge in [-0.05, 0) is 47.1 Å². The molecule has 104 valence electrons. The van der Waals surface area contributed by atoms with E-state index < -0.39 is 0 Å². The fourth-order valence-electron chi connectivity index (χ4n) is 2.76. The van der Waals surface area contributed by atoms with Crippen molar-refractivity contribution in [3.63, 3.8) is 0 Å². The number of benzene rings is 1. The van der Waals surface area contributed by atoms with Crippen LogP contribution in [-0.2, 0) is 6.42 Å². The van der Waals surface area contributed by atoms with Gasteiger partial charge in [0.05, 0.1) is 0 Å². The second kappa shape index (κ2) is 6.53. The first-order valence-corrected chi connectivity index (χ1v) is 8.18. The molecule has 2 heteroatoms. The number of fused-ring (bicyclic) bond motifs is 1. The van der Waals surface area contributed by atoms with E-state index in [9.17, 15) is 5.11 Å². The van der Waals surface area contributed by atoms with Crippen LogP contribution in [0.3, 0.4) is 0 Å². The van der Waals surface area contributed by atoms with Crippen LogP contribution in [0, 0.1) is 5.41 Å². The number of hydrogen-bond acceptors (Lipinski definition) is 2. The van der Waals surface area contributed by atoms with Crippen LogP contribution in [0.2, 0.25) is 0 Å². The van der Waals surface area contributed by atoms with E-state index in [1.165, 1.54) is 28.5 Å².